The highest BCUT2D eigenvalue weighted by Crippen LogP contribution is 2.22. The quantitative estimate of drug-likeness (QED) is 0.943. The fourth-order valence-electron chi connectivity index (χ4n) is 3.09. The third-order valence-electron chi connectivity index (χ3n) is 4.41. The van der Waals surface area contributed by atoms with Crippen molar-refractivity contribution in [1.29, 1.82) is 0 Å². The second-order valence-corrected chi connectivity index (χ2v) is 6.11. The van der Waals surface area contributed by atoms with Gasteiger partial charge < -0.3 is 14.6 Å². The lowest BCUT2D eigenvalue weighted by Crippen LogP contribution is -2.38. The summed E-state index contributed by atoms with van der Waals surface area (Å²) in [5.41, 5.74) is 1.69. The number of carbonyl (C=O) groups excluding carboxylic acids is 1. The largest absolute Gasteiger partial charge is 0.445 e. The van der Waals surface area contributed by atoms with Gasteiger partial charge in [-0.15, -0.1) is 0 Å². The fourth-order valence-corrected chi connectivity index (χ4v) is 3.09. The van der Waals surface area contributed by atoms with E-state index in [4.69, 9.17) is 4.42 Å². The van der Waals surface area contributed by atoms with Crippen LogP contribution in [0.5, 0.6) is 0 Å². The average molecular weight is 313 g/mol. The average Bonchev–Trinajstić information content (AvgIpc) is 2.92. The summed E-state index contributed by atoms with van der Waals surface area (Å²) in [6, 6.07) is 10.5. The molecule has 0 aliphatic carbocycles. The van der Waals surface area contributed by atoms with Crippen LogP contribution in [-0.2, 0) is 0 Å². The first-order valence-corrected chi connectivity index (χ1v) is 8.15. The van der Waals surface area contributed by atoms with Gasteiger partial charge in [-0.1, -0.05) is 18.2 Å². The first kappa shape index (κ1) is 15.6. The molecule has 0 unspecified atom stereocenters. The number of oxazole rings is 1. The van der Waals surface area contributed by atoms with E-state index < -0.39 is 0 Å². The van der Waals surface area contributed by atoms with E-state index in [-0.39, 0.29) is 5.91 Å². The summed E-state index contributed by atoms with van der Waals surface area (Å²) in [5, 5.41) is 3.00. The van der Waals surface area contributed by atoms with Crippen molar-refractivity contribution in [2.24, 2.45) is 5.92 Å². The van der Waals surface area contributed by atoms with Gasteiger partial charge in [0.05, 0.1) is 0 Å². The second kappa shape index (κ2) is 6.86. The van der Waals surface area contributed by atoms with Crippen molar-refractivity contribution < 1.29 is 9.21 Å². The number of hydrogen-bond acceptors (Lipinski definition) is 4. The predicted molar refractivity (Wildman–Crippen MR) is 89.7 cm³/mol. The van der Waals surface area contributed by atoms with E-state index in [1.54, 1.807) is 13.8 Å². The van der Waals surface area contributed by atoms with Crippen molar-refractivity contribution >= 4 is 11.6 Å². The predicted octanol–water partition coefficient (Wildman–Crippen LogP) is 2.94. The Balaban J connectivity index is 1.48. The number of amides is 1. The van der Waals surface area contributed by atoms with E-state index in [0.29, 0.717) is 29.8 Å². The van der Waals surface area contributed by atoms with E-state index in [2.05, 4.69) is 39.5 Å². The Morgan fingerprint density at radius 1 is 1.26 bits per heavy atom. The molecule has 1 aromatic carbocycles. The number of aromatic nitrogens is 1. The second-order valence-electron chi connectivity index (χ2n) is 6.11. The first-order chi connectivity index (χ1) is 11.1. The molecule has 0 bridgehead atoms. The Morgan fingerprint density at radius 2 is 1.96 bits per heavy atom. The molecule has 0 saturated carbocycles. The van der Waals surface area contributed by atoms with Crippen LogP contribution in [0.2, 0.25) is 0 Å². The molecule has 3 rings (SSSR count). The number of aryl methyl sites for hydroxylation is 2. The number of benzene rings is 1. The molecule has 1 saturated heterocycles. The van der Waals surface area contributed by atoms with Crippen LogP contribution in [0, 0.1) is 19.8 Å². The minimum atomic E-state index is -0.134. The van der Waals surface area contributed by atoms with Crippen LogP contribution in [0.3, 0.4) is 0 Å². The zero-order valence-corrected chi connectivity index (χ0v) is 13.7. The van der Waals surface area contributed by atoms with Crippen molar-refractivity contribution in [3.05, 3.63) is 47.7 Å². The Kier molecular flexibility index (Phi) is 4.65. The van der Waals surface area contributed by atoms with Gasteiger partial charge in [-0.2, -0.15) is 0 Å². The number of rotatable bonds is 4. The van der Waals surface area contributed by atoms with Crippen LogP contribution in [-0.4, -0.2) is 30.5 Å². The minimum absolute atomic E-state index is 0.134. The number of carbonyl (C=O) groups is 1. The summed E-state index contributed by atoms with van der Waals surface area (Å²) < 4.78 is 5.31. The number of hydrogen-bond donors (Lipinski definition) is 1. The molecular weight excluding hydrogens is 290 g/mol. The van der Waals surface area contributed by atoms with E-state index in [1.807, 2.05) is 6.07 Å². The van der Waals surface area contributed by atoms with Crippen molar-refractivity contribution in [3.63, 3.8) is 0 Å². The van der Waals surface area contributed by atoms with Crippen molar-refractivity contribution in [2.45, 2.75) is 26.7 Å². The minimum Gasteiger partial charge on any atom is -0.445 e. The van der Waals surface area contributed by atoms with Gasteiger partial charge in [0.2, 0.25) is 0 Å². The summed E-state index contributed by atoms with van der Waals surface area (Å²) in [6.45, 7) is 6.29. The molecule has 0 spiro atoms. The van der Waals surface area contributed by atoms with Gasteiger partial charge in [-0.25, -0.2) is 4.98 Å². The molecule has 2 heterocycles. The first-order valence-electron chi connectivity index (χ1n) is 8.15. The molecular formula is C18H23N3O2. The standard InChI is InChI=1S/C18H23N3O2/c1-13-17(20-14(2)23-13)18(22)19-12-15-8-10-21(11-9-15)16-6-4-3-5-7-16/h3-7,15H,8-12H2,1-2H3,(H,19,22). The molecule has 2 aromatic rings. The van der Waals surface area contributed by atoms with Crippen LogP contribution < -0.4 is 10.2 Å². The molecule has 0 radical (unpaired) electrons. The third-order valence-corrected chi connectivity index (χ3v) is 4.41. The smallest absolute Gasteiger partial charge is 0.273 e. The molecule has 5 heteroatoms. The molecule has 1 fully saturated rings. The molecule has 122 valence electrons. The van der Waals surface area contributed by atoms with E-state index in [9.17, 15) is 4.79 Å². The molecule has 1 aromatic heterocycles. The van der Waals surface area contributed by atoms with Crippen LogP contribution in [0.4, 0.5) is 5.69 Å². The van der Waals surface area contributed by atoms with Crippen molar-refractivity contribution in [3.8, 4) is 0 Å². The Hall–Kier alpha value is -2.30. The van der Waals surface area contributed by atoms with Crippen LogP contribution in [0.25, 0.3) is 0 Å². The third kappa shape index (κ3) is 3.73. The number of piperidine rings is 1. The lowest BCUT2D eigenvalue weighted by molar-refractivity contribution is 0.0939. The summed E-state index contributed by atoms with van der Waals surface area (Å²) >= 11 is 0. The Labute approximate surface area is 136 Å². The van der Waals surface area contributed by atoms with Crippen molar-refractivity contribution in [1.82, 2.24) is 10.3 Å². The topological polar surface area (TPSA) is 58.4 Å². The van der Waals surface area contributed by atoms with Crippen LogP contribution in [0.15, 0.2) is 34.7 Å². The highest BCUT2D eigenvalue weighted by Gasteiger charge is 2.21. The van der Waals surface area contributed by atoms with Crippen LogP contribution in [0.1, 0.15) is 35.0 Å². The van der Waals surface area contributed by atoms with Gasteiger partial charge in [-0.3, -0.25) is 4.79 Å². The Morgan fingerprint density at radius 3 is 2.57 bits per heavy atom. The highest BCUT2D eigenvalue weighted by atomic mass is 16.4. The number of anilines is 1. The number of para-hydroxylation sites is 1. The van der Waals surface area contributed by atoms with E-state index in [1.165, 1.54) is 5.69 Å². The summed E-state index contributed by atoms with van der Waals surface area (Å²) in [5.74, 6) is 1.50. The maximum atomic E-state index is 12.2. The van der Waals surface area contributed by atoms with Crippen molar-refractivity contribution in [2.75, 3.05) is 24.5 Å². The van der Waals surface area contributed by atoms with Gasteiger partial charge in [0.1, 0.15) is 5.76 Å². The molecule has 1 aliphatic rings. The zero-order valence-electron chi connectivity index (χ0n) is 13.7. The maximum Gasteiger partial charge on any atom is 0.273 e. The SMILES string of the molecule is Cc1nc(C(=O)NCC2CCN(c3ccccc3)CC2)c(C)o1. The summed E-state index contributed by atoms with van der Waals surface area (Å²) in [4.78, 5) is 18.7. The van der Waals surface area contributed by atoms with Gasteiger partial charge in [0.25, 0.3) is 5.91 Å². The lowest BCUT2D eigenvalue weighted by Gasteiger charge is -2.33. The molecule has 23 heavy (non-hydrogen) atoms. The maximum absolute atomic E-state index is 12.2. The summed E-state index contributed by atoms with van der Waals surface area (Å²) in [6.07, 6.45) is 2.18. The van der Waals surface area contributed by atoms with Gasteiger partial charge in [0.15, 0.2) is 11.6 Å². The number of nitrogens with one attached hydrogen (secondary N) is 1. The number of nitrogens with zero attached hydrogens (tertiary/aromatic N) is 2. The van der Waals surface area contributed by atoms with Gasteiger partial charge >= 0.3 is 0 Å². The summed E-state index contributed by atoms with van der Waals surface area (Å²) in [7, 11) is 0. The normalized spacial score (nSPS) is 15.7. The molecule has 1 aliphatic heterocycles. The molecule has 1 amide bonds. The van der Waals surface area contributed by atoms with E-state index >= 15 is 0 Å². The van der Waals surface area contributed by atoms with Gasteiger partial charge in [0, 0.05) is 32.2 Å². The van der Waals surface area contributed by atoms with Crippen LogP contribution >= 0.6 is 0 Å². The molecule has 0 atom stereocenters. The zero-order chi connectivity index (χ0) is 16.2. The van der Waals surface area contributed by atoms with E-state index in [0.717, 1.165) is 25.9 Å². The monoisotopic (exact) mass is 313 g/mol. The fraction of sp³-hybridized carbons (Fsp3) is 0.444. The lowest BCUT2D eigenvalue weighted by atomic mass is 9.96. The highest BCUT2D eigenvalue weighted by molar-refractivity contribution is 5.93. The Bertz CT molecular complexity index is 658. The molecule has 5 nitrogen and oxygen atoms in total. The van der Waals surface area contributed by atoms with Gasteiger partial charge in [-0.05, 0) is 37.8 Å². The molecule has 1 N–H and O–H groups in total.